The van der Waals surface area contributed by atoms with Gasteiger partial charge in [0.15, 0.2) is 17.7 Å². The van der Waals surface area contributed by atoms with Crippen molar-refractivity contribution in [2.24, 2.45) is 0 Å². The molecular formula is C29H29F2NO4. The number of nitrogens with zero attached hydrogens (tertiary/aromatic N) is 1. The van der Waals surface area contributed by atoms with E-state index in [9.17, 15) is 23.5 Å². The fourth-order valence-electron chi connectivity index (χ4n) is 4.67. The molecule has 3 aromatic carbocycles. The topological polar surface area (TPSA) is 66.8 Å². The molecule has 1 aliphatic rings. The van der Waals surface area contributed by atoms with Gasteiger partial charge in [-0.25, -0.2) is 13.6 Å². The summed E-state index contributed by atoms with van der Waals surface area (Å²) in [7, 11) is 0. The third-order valence-electron chi connectivity index (χ3n) is 6.24. The number of carboxylic acids is 1. The van der Waals surface area contributed by atoms with E-state index in [-0.39, 0.29) is 5.56 Å². The van der Waals surface area contributed by atoms with Gasteiger partial charge in [-0.3, -0.25) is 4.79 Å². The highest BCUT2D eigenvalue weighted by Gasteiger charge is 2.36. The summed E-state index contributed by atoms with van der Waals surface area (Å²) in [4.78, 5) is 27.3. The maximum Gasteiger partial charge on any atom is 0.337 e. The summed E-state index contributed by atoms with van der Waals surface area (Å²) in [6.45, 7) is 9.51. The number of ether oxygens (including phenoxy) is 1. The lowest BCUT2D eigenvalue weighted by Crippen LogP contribution is -2.29. The standard InChI is InChI=1S/C29H29F2NO4/c1-16-6-8-18(9-7-16)25-20-12-13-32(27(33)19-10-11-21(30)22(31)15-19)23(20)14-17(2)24(25)26(28(34)35)36-29(3,4)5/h6-11,14-15,26H,12-13H2,1-5H3,(H,34,35). The van der Waals surface area contributed by atoms with Crippen LogP contribution in [0.3, 0.4) is 0 Å². The minimum absolute atomic E-state index is 0.0415. The molecule has 1 atom stereocenters. The second kappa shape index (κ2) is 9.47. The number of rotatable bonds is 5. The van der Waals surface area contributed by atoms with Gasteiger partial charge in [0.1, 0.15) is 0 Å². The number of fused-ring (bicyclic) bond motifs is 1. The molecule has 1 aliphatic heterocycles. The second-order valence-electron chi connectivity index (χ2n) is 10.1. The van der Waals surface area contributed by atoms with Crippen LogP contribution >= 0.6 is 0 Å². The van der Waals surface area contributed by atoms with Gasteiger partial charge in [0, 0.05) is 23.4 Å². The Balaban J connectivity index is 1.92. The zero-order chi connectivity index (χ0) is 26.4. The quantitative estimate of drug-likeness (QED) is 0.447. The molecule has 1 heterocycles. The van der Waals surface area contributed by atoms with Gasteiger partial charge in [-0.2, -0.15) is 0 Å². The van der Waals surface area contributed by atoms with E-state index < -0.39 is 35.2 Å². The van der Waals surface area contributed by atoms with Crippen LogP contribution in [0.25, 0.3) is 11.1 Å². The Labute approximate surface area is 209 Å². The number of carbonyl (C=O) groups is 2. The van der Waals surface area contributed by atoms with Crippen molar-refractivity contribution in [3.63, 3.8) is 0 Å². The Morgan fingerprint density at radius 3 is 2.25 bits per heavy atom. The van der Waals surface area contributed by atoms with Gasteiger partial charge in [-0.1, -0.05) is 29.8 Å². The predicted molar refractivity (Wildman–Crippen MR) is 134 cm³/mol. The average Bonchev–Trinajstić information content (AvgIpc) is 3.21. The molecule has 4 rings (SSSR count). The van der Waals surface area contributed by atoms with Crippen LogP contribution in [0.2, 0.25) is 0 Å². The molecule has 0 aliphatic carbocycles. The highest BCUT2D eigenvalue weighted by molar-refractivity contribution is 6.08. The SMILES string of the molecule is Cc1ccc(-c2c3c(cc(C)c2C(OC(C)(C)C)C(=O)O)N(C(=O)c2ccc(F)c(F)c2)CC3)cc1. The predicted octanol–water partition coefficient (Wildman–Crippen LogP) is 6.39. The minimum Gasteiger partial charge on any atom is -0.479 e. The van der Waals surface area contributed by atoms with E-state index in [2.05, 4.69) is 0 Å². The largest absolute Gasteiger partial charge is 0.479 e. The normalized spacial score (nSPS) is 14.0. The number of amides is 1. The molecular weight excluding hydrogens is 464 g/mol. The summed E-state index contributed by atoms with van der Waals surface area (Å²) in [6, 6.07) is 12.7. The van der Waals surface area contributed by atoms with Crippen LogP contribution in [-0.2, 0) is 16.0 Å². The molecule has 0 aromatic heterocycles. The third-order valence-corrected chi connectivity index (χ3v) is 6.24. The maximum atomic E-state index is 13.8. The lowest BCUT2D eigenvalue weighted by Gasteiger charge is -2.29. The van der Waals surface area contributed by atoms with E-state index >= 15 is 0 Å². The summed E-state index contributed by atoms with van der Waals surface area (Å²) in [5.74, 6) is -3.66. The molecule has 0 radical (unpaired) electrons. The molecule has 1 amide bonds. The smallest absolute Gasteiger partial charge is 0.337 e. The van der Waals surface area contributed by atoms with Gasteiger partial charge in [-0.05, 0) is 87.6 Å². The van der Waals surface area contributed by atoms with Crippen LogP contribution in [0.15, 0.2) is 48.5 Å². The van der Waals surface area contributed by atoms with Crippen molar-refractivity contribution < 1.29 is 28.2 Å². The van der Waals surface area contributed by atoms with E-state index in [0.29, 0.717) is 29.8 Å². The van der Waals surface area contributed by atoms with Crippen molar-refractivity contribution in [2.75, 3.05) is 11.4 Å². The molecule has 5 nitrogen and oxygen atoms in total. The van der Waals surface area contributed by atoms with Gasteiger partial charge >= 0.3 is 5.97 Å². The average molecular weight is 494 g/mol. The van der Waals surface area contributed by atoms with Crippen molar-refractivity contribution >= 4 is 17.6 Å². The summed E-state index contributed by atoms with van der Waals surface area (Å²) in [6.07, 6.45) is -0.745. The molecule has 7 heteroatoms. The fraction of sp³-hybridized carbons (Fsp3) is 0.310. The minimum atomic E-state index is -1.22. The van der Waals surface area contributed by atoms with Crippen LogP contribution < -0.4 is 4.90 Å². The zero-order valence-electron chi connectivity index (χ0n) is 21.0. The van der Waals surface area contributed by atoms with Crippen LogP contribution in [0, 0.1) is 25.5 Å². The van der Waals surface area contributed by atoms with Crippen LogP contribution in [-0.4, -0.2) is 29.1 Å². The van der Waals surface area contributed by atoms with E-state index in [1.54, 1.807) is 33.8 Å². The first-order valence-corrected chi connectivity index (χ1v) is 11.8. The Morgan fingerprint density at radius 2 is 1.67 bits per heavy atom. The number of hydrogen-bond acceptors (Lipinski definition) is 3. The van der Waals surface area contributed by atoms with E-state index in [1.807, 2.05) is 31.2 Å². The fourth-order valence-corrected chi connectivity index (χ4v) is 4.67. The van der Waals surface area contributed by atoms with Crippen molar-refractivity contribution in [1.29, 1.82) is 0 Å². The number of halogens is 2. The Hall–Kier alpha value is -3.58. The highest BCUT2D eigenvalue weighted by atomic mass is 19.2. The van der Waals surface area contributed by atoms with Crippen molar-refractivity contribution in [1.82, 2.24) is 0 Å². The molecule has 1 N–H and O–H groups in total. The van der Waals surface area contributed by atoms with Crippen molar-refractivity contribution in [3.05, 3.63) is 88.0 Å². The van der Waals surface area contributed by atoms with E-state index in [4.69, 9.17) is 4.74 Å². The molecule has 0 saturated carbocycles. The number of hydrogen-bond donors (Lipinski definition) is 1. The Morgan fingerprint density at radius 1 is 1.00 bits per heavy atom. The molecule has 0 bridgehead atoms. The summed E-state index contributed by atoms with van der Waals surface area (Å²) in [5.41, 5.74) is 4.57. The third kappa shape index (κ3) is 4.88. The summed E-state index contributed by atoms with van der Waals surface area (Å²) < 4.78 is 33.3. The van der Waals surface area contributed by atoms with Gasteiger partial charge < -0.3 is 14.7 Å². The Kier molecular flexibility index (Phi) is 6.71. The molecule has 36 heavy (non-hydrogen) atoms. The highest BCUT2D eigenvalue weighted by Crippen LogP contribution is 2.45. The van der Waals surface area contributed by atoms with Gasteiger partial charge in [0.05, 0.1) is 5.60 Å². The molecule has 1 unspecified atom stereocenters. The lowest BCUT2D eigenvalue weighted by molar-refractivity contribution is -0.160. The van der Waals surface area contributed by atoms with Gasteiger partial charge in [0.25, 0.3) is 5.91 Å². The summed E-state index contributed by atoms with van der Waals surface area (Å²) >= 11 is 0. The van der Waals surface area contributed by atoms with Crippen LogP contribution in [0.1, 0.15) is 59.5 Å². The van der Waals surface area contributed by atoms with Crippen LogP contribution in [0.4, 0.5) is 14.5 Å². The maximum absolute atomic E-state index is 13.8. The number of anilines is 1. The zero-order valence-corrected chi connectivity index (χ0v) is 21.0. The number of benzene rings is 3. The molecule has 3 aromatic rings. The number of aryl methyl sites for hydroxylation is 2. The van der Waals surface area contributed by atoms with Crippen molar-refractivity contribution in [3.8, 4) is 11.1 Å². The molecule has 188 valence electrons. The van der Waals surface area contributed by atoms with Crippen LogP contribution in [0.5, 0.6) is 0 Å². The van der Waals surface area contributed by atoms with E-state index in [0.717, 1.165) is 34.4 Å². The number of carboxylic acid groups (broad SMARTS) is 1. The first-order valence-electron chi connectivity index (χ1n) is 11.8. The molecule has 0 fully saturated rings. The monoisotopic (exact) mass is 493 g/mol. The number of aliphatic carboxylic acids is 1. The van der Waals surface area contributed by atoms with E-state index in [1.165, 1.54) is 11.0 Å². The second-order valence-corrected chi connectivity index (χ2v) is 10.1. The van der Waals surface area contributed by atoms with Gasteiger partial charge in [0.2, 0.25) is 0 Å². The first-order chi connectivity index (χ1) is 16.9. The lowest BCUT2D eigenvalue weighted by atomic mass is 9.86. The summed E-state index contributed by atoms with van der Waals surface area (Å²) in [5, 5.41) is 10.2. The Bertz CT molecular complexity index is 1340. The molecule has 0 saturated heterocycles. The van der Waals surface area contributed by atoms with Crippen molar-refractivity contribution in [2.45, 2.75) is 52.7 Å². The number of carbonyl (C=O) groups excluding carboxylic acids is 1. The molecule has 0 spiro atoms. The first kappa shape index (κ1) is 25.5. The van der Waals surface area contributed by atoms with Gasteiger partial charge in [-0.15, -0.1) is 0 Å².